The fourth-order valence-corrected chi connectivity index (χ4v) is 5.89. The summed E-state index contributed by atoms with van der Waals surface area (Å²) in [6, 6.07) is 30.9. The van der Waals surface area contributed by atoms with E-state index in [4.69, 9.17) is 20.4 Å². The van der Waals surface area contributed by atoms with Crippen molar-refractivity contribution in [3.8, 4) is 28.3 Å². The van der Waals surface area contributed by atoms with E-state index in [-0.39, 0.29) is 37.2 Å². The van der Waals surface area contributed by atoms with E-state index in [9.17, 15) is 0 Å². The van der Waals surface area contributed by atoms with Gasteiger partial charge in [0.05, 0.1) is 16.9 Å². The molecule has 0 unspecified atom stereocenters. The van der Waals surface area contributed by atoms with Crippen molar-refractivity contribution >= 4 is 22.0 Å². The van der Waals surface area contributed by atoms with Gasteiger partial charge in [-0.05, 0) is 65.5 Å². The van der Waals surface area contributed by atoms with Gasteiger partial charge in [-0.2, -0.15) is 0 Å². The third-order valence-corrected chi connectivity index (χ3v) is 8.17. The van der Waals surface area contributed by atoms with Crippen LogP contribution in [0.4, 0.5) is 0 Å². The molecular formula is C44H45IrN3O-2. The summed E-state index contributed by atoms with van der Waals surface area (Å²) in [6.07, 6.45) is 2.98. The van der Waals surface area contributed by atoms with Crippen molar-refractivity contribution in [3.63, 3.8) is 0 Å². The SMILES string of the molecule is [2H]C([2H])([2H])c1c[c-]c(-c2ccc(C([2H])([2H])[2H])cn2)cc1.[2H]C([2H])(c1ccc2c(-c3nc4ccccc4n3-c3c(C(C)C)cccc3C(C)C)[c-]oc2c1)C(C)C.[Ir]. The zero-order chi connectivity index (χ0) is 40.7. The molecule has 0 spiro atoms. The first-order valence-electron chi connectivity index (χ1n) is 20.3. The molecule has 0 N–H and O–H groups in total. The Morgan fingerprint density at radius 1 is 0.837 bits per heavy atom. The molecule has 0 fully saturated rings. The molecule has 0 amide bonds. The predicted molar refractivity (Wildman–Crippen MR) is 200 cm³/mol. The van der Waals surface area contributed by atoms with Crippen LogP contribution in [-0.2, 0) is 26.5 Å². The fraction of sp³-hybridized carbons (Fsp3) is 0.273. The number of pyridine rings is 1. The van der Waals surface area contributed by atoms with Crippen molar-refractivity contribution < 1.29 is 35.5 Å². The molecule has 0 bridgehead atoms. The van der Waals surface area contributed by atoms with Crippen LogP contribution in [-0.4, -0.2) is 14.5 Å². The van der Waals surface area contributed by atoms with Gasteiger partial charge in [-0.3, -0.25) is 4.98 Å². The van der Waals surface area contributed by atoms with Crippen molar-refractivity contribution in [2.75, 3.05) is 0 Å². The maximum absolute atomic E-state index is 8.51. The van der Waals surface area contributed by atoms with Crippen LogP contribution in [0, 0.1) is 32.0 Å². The first-order valence-corrected chi connectivity index (χ1v) is 16.3. The predicted octanol–water partition coefficient (Wildman–Crippen LogP) is 11.8. The number of nitrogens with zero attached hydrogens (tertiary/aromatic N) is 3. The zero-order valence-corrected chi connectivity index (χ0v) is 30.9. The van der Waals surface area contributed by atoms with E-state index in [1.807, 2.05) is 44.2 Å². The Kier molecular flexibility index (Phi) is 8.39. The van der Waals surface area contributed by atoms with Gasteiger partial charge in [0.25, 0.3) is 0 Å². The van der Waals surface area contributed by atoms with Gasteiger partial charge in [0, 0.05) is 54.8 Å². The molecule has 0 atom stereocenters. The summed E-state index contributed by atoms with van der Waals surface area (Å²) in [5, 5.41) is 0.878. The number of fused-ring (bicyclic) bond motifs is 2. The number of benzene rings is 4. The number of imidazole rings is 1. The molecule has 0 aliphatic carbocycles. The summed E-state index contributed by atoms with van der Waals surface area (Å²) in [7, 11) is 0. The zero-order valence-electron chi connectivity index (χ0n) is 36.6. The van der Waals surface area contributed by atoms with Gasteiger partial charge in [0.1, 0.15) is 0 Å². The van der Waals surface area contributed by atoms with Crippen LogP contribution in [0.3, 0.4) is 0 Å². The molecular weight excluding hydrogens is 779 g/mol. The topological polar surface area (TPSA) is 43.9 Å². The van der Waals surface area contributed by atoms with Gasteiger partial charge in [-0.1, -0.05) is 120 Å². The number of furan rings is 1. The third kappa shape index (κ3) is 7.80. The average molecular weight is 832 g/mol. The molecule has 3 heterocycles. The number of aryl methyl sites for hydroxylation is 2. The van der Waals surface area contributed by atoms with Crippen molar-refractivity contribution in [1.29, 1.82) is 0 Å². The first kappa shape index (κ1) is 26.5. The van der Waals surface area contributed by atoms with Crippen LogP contribution < -0.4 is 0 Å². The minimum Gasteiger partial charge on any atom is -0.557 e. The molecule has 4 aromatic carbocycles. The molecule has 0 aliphatic heterocycles. The van der Waals surface area contributed by atoms with E-state index in [2.05, 4.69) is 79.9 Å². The van der Waals surface area contributed by atoms with E-state index < -0.39 is 20.1 Å². The van der Waals surface area contributed by atoms with Gasteiger partial charge in [0.2, 0.25) is 0 Å². The maximum Gasteiger partial charge on any atom is 0.0774 e. The molecule has 0 saturated heterocycles. The first-order chi connectivity index (χ1) is 26.3. The minimum atomic E-state index is -2.18. The van der Waals surface area contributed by atoms with Crippen molar-refractivity contribution in [1.82, 2.24) is 14.5 Å². The van der Waals surface area contributed by atoms with Crippen LogP contribution >= 0.6 is 0 Å². The van der Waals surface area contributed by atoms with E-state index in [1.165, 1.54) is 41.2 Å². The Hall–Kier alpha value is -4.31. The van der Waals surface area contributed by atoms with E-state index in [1.54, 1.807) is 12.1 Å². The minimum absolute atomic E-state index is 0. The molecule has 0 aliphatic rings. The van der Waals surface area contributed by atoms with Crippen molar-refractivity contribution in [3.05, 3.63) is 137 Å². The second-order valence-corrected chi connectivity index (χ2v) is 12.9. The number of rotatable bonds is 7. The Labute approximate surface area is 316 Å². The molecule has 5 heteroatoms. The molecule has 49 heavy (non-hydrogen) atoms. The largest absolute Gasteiger partial charge is 0.557 e. The Balaban J connectivity index is 0.000000251. The molecule has 7 aromatic rings. The van der Waals surface area contributed by atoms with E-state index in [0.717, 1.165) is 27.8 Å². The average Bonchev–Trinajstić information content (AvgIpc) is 3.75. The number of para-hydroxylation sites is 3. The molecule has 4 nitrogen and oxygen atoms in total. The second-order valence-electron chi connectivity index (χ2n) is 12.9. The normalized spacial score (nSPS) is 14.6. The molecule has 1 radical (unpaired) electrons. The van der Waals surface area contributed by atoms with E-state index >= 15 is 0 Å². The monoisotopic (exact) mass is 832 g/mol. The van der Waals surface area contributed by atoms with Crippen LogP contribution in [0.5, 0.6) is 0 Å². The van der Waals surface area contributed by atoms with Gasteiger partial charge in [0.15, 0.2) is 0 Å². The number of hydrogen-bond acceptors (Lipinski definition) is 3. The summed E-state index contributed by atoms with van der Waals surface area (Å²) in [5.74, 6) is 1.29. The molecule has 3 aromatic heterocycles. The smallest absolute Gasteiger partial charge is 0.0774 e. The van der Waals surface area contributed by atoms with Crippen LogP contribution in [0.15, 0.2) is 102 Å². The second kappa shape index (κ2) is 15.5. The van der Waals surface area contributed by atoms with Crippen LogP contribution in [0.1, 0.15) is 92.2 Å². The summed E-state index contributed by atoms with van der Waals surface area (Å²) in [6.45, 7) is 8.36. The Bertz CT molecular complexity index is 2380. The standard InChI is InChI=1S/C31H33N2O.C13H12N.Ir/c1-19(2)16-22-14-15-25-26(18-34-29(25)17-22)31-32-27-12-7-8-13-28(27)33(31)30-23(20(3)4)10-9-11-24(30)21(5)6;1-10-3-6-12(7-4-10)13-8-5-11(2)9-14-13;/h7-15,17,19-21H,16H2,1-6H3;3-6,8-9H,1-2H3;/q2*-1;/i16D2;1D3,2D3;. The van der Waals surface area contributed by atoms with E-state index in [0.29, 0.717) is 34.2 Å². The summed E-state index contributed by atoms with van der Waals surface area (Å²) in [5.41, 5.74) is 9.22. The number of aromatic nitrogens is 3. The van der Waals surface area contributed by atoms with Crippen molar-refractivity contribution in [2.24, 2.45) is 5.92 Å². The van der Waals surface area contributed by atoms with Crippen LogP contribution in [0.2, 0.25) is 0 Å². The van der Waals surface area contributed by atoms with Gasteiger partial charge in [-0.15, -0.1) is 41.5 Å². The number of hydrogen-bond donors (Lipinski definition) is 0. The van der Waals surface area contributed by atoms with Crippen LogP contribution in [0.25, 0.3) is 50.3 Å². The molecule has 253 valence electrons. The third-order valence-electron chi connectivity index (χ3n) is 8.17. The Morgan fingerprint density at radius 2 is 1.57 bits per heavy atom. The van der Waals surface area contributed by atoms with Gasteiger partial charge >= 0.3 is 0 Å². The van der Waals surface area contributed by atoms with Gasteiger partial charge in [-0.25, -0.2) is 0 Å². The van der Waals surface area contributed by atoms with Crippen molar-refractivity contribution in [2.45, 2.75) is 73.5 Å². The Morgan fingerprint density at radius 3 is 2.20 bits per heavy atom. The molecule has 7 rings (SSSR count). The fourth-order valence-electron chi connectivity index (χ4n) is 5.89. The quantitative estimate of drug-likeness (QED) is 0.150. The summed E-state index contributed by atoms with van der Waals surface area (Å²) < 4.78 is 68.9. The van der Waals surface area contributed by atoms with Gasteiger partial charge < -0.3 is 14.0 Å². The molecule has 0 saturated carbocycles. The maximum atomic E-state index is 8.51. The summed E-state index contributed by atoms with van der Waals surface area (Å²) >= 11 is 0. The summed E-state index contributed by atoms with van der Waals surface area (Å²) in [4.78, 5) is 9.15.